The number of hydrogen-bond donors (Lipinski definition) is 2. The standard InChI is InChI=1S/C10H11BrN2O/c11-8-5-7(12)3-4-9(8)13-10(14)6-1-2-6/h3-6H,1-2,12H2,(H,13,14). The first-order valence-electron chi connectivity index (χ1n) is 4.52. The lowest BCUT2D eigenvalue weighted by molar-refractivity contribution is -0.117. The first-order chi connectivity index (χ1) is 6.66. The summed E-state index contributed by atoms with van der Waals surface area (Å²) in [4.78, 5) is 11.4. The average molecular weight is 255 g/mol. The molecule has 1 saturated carbocycles. The Kier molecular flexibility index (Phi) is 2.46. The fourth-order valence-electron chi connectivity index (χ4n) is 1.21. The van der Waals surface area contributed by atoms with Crippen LogP contribution in [-0.2, 0) is 4.79 Å². The van der Waals surface area contributed by atoms with E-state index >= 15 is 0 Å². The highest BCUT2D eigenvalue weighted by Gasteiger charge is 2.29. The summed E-state index contributed by atoms with van der Waals surface area (Å²) in [5.74, 6) is 0.329. The van der Waals surface area contributed by atoms with Crippen LogP contribution in [0.3, 0.4) is 0 Å². The normalized spacial score (nSPS) is 15.2. The molecule has 3 nitrogen and oxygen atoms in total. The van der Waals surface area contributed by atoms with Gasteiger partial charge in [0, 0.05) is 16.1 Å². The Labute approximate surface area is 90.8 Å². The molecule has 1 amide bonds. The van der Waals surface area contributed by atoms with Gasteiger partial charge in [0.15, 0.2) is 0 Å². The predicted octanol–water partition coefficient (Wildman–Crippen LogP) is 2.38. The van der Waals surface area contributed by atoms with Crippen molar-refractivity contribution in [2.24, 2.45) is 5.92 Å². The number of hydrogen-bond acceptors (Lipinski definition) is 2. The first-order valence-corrected chi connectivity index (χ1v) is 5.32. The van der Waals surface area contributed by atoms with E-state index in [1.165, 1.54) is 0 Å². The predicted molar refractivity (Wildman–Crippen MR) is 59.9 cm³/mol. The number of nitrogens with two attached hydrogens (primary N) is 1. The van der Waals surface area contributed by atoms with Gasteiger partial charge in [-0.3, -0.25) is 4.79 Å². The molecule has 0 bridgehead atoms. The molecule has 0 atom stereocenters. The van der Waals surface area contributed by atoms with Crippen LogP contribution in [0.15, 0.2) is 22.7 Å². The van der Waals surface area contributed by atoms with Crippen molar-refractivity contribution in [3.05, 3.63) is 22.7 Å². The zero-order valence-electron chi connectivity index (χ0n) is 7.59. The number of nitrogen functional groups attached to an aromatic ring is 1. The van der Waals surface area contributed by atoms with Crippen LogP contribution in [0.4, 0.5) is 11.4 Å². The highest BCUT2D eigenvalue weighted by molar-refractivity contribution is 9.10. The first kappa shape index (κ1) is 9.52. The SMILES string of the molecule is Nc1ccc(NC(=O)C2CC2)c(Br)c1. The maximum absolute atomic E-state index is 11.4. The number of halogens is 1. The van der Waals surface area contributed by atoms with Gasteiger partial charge in [-0.05, 0) is 47.0 Å². The van der Waals surface area contributed by atoms with Gasteiger partial charge in [-0.15, -0.1) is 0 Å². The minimum Gasteiger partial charge on any atom is -0.399 e. The van der Waals surface area contributed by atoms with E-state index in [4.69, 9.17) is 5.73 Å². The summed E-state index contributed by atoms with van der Waals surface area (Å²) in [6.45, 7) is 0. The van der Waals surface area contributed by atoms with Gasteiger partial charge in [-0.25, -0.2) is 0 Å². The lowest BCUT2D eigenvalue weighted by atomic mass is 10.2. The monoisotopic (exact) mass is 254 g/mol. The van der Waals surface area contributed by atoms with Gasteiger partial charge in [-0.2, -0.15) is 0 Å². The van der Waals surface area contributed by atoms with Crippen molar-refractivity contribution in [2.75, 3.05) is 11.1 Å². The number of carbonyl (C=O) groups is 1. The van der Waals surface area contributed by atoms with Gasteiger partial charge in [0.1, 0.15) is 0 Å². The molecule has 0 unspecified atom stereocenters. The Morgan fingerprint density at radius 1 is 1.50 bits per heavy atom. The van der Waals surface area contributed by atoms with E-state index in [0.717, 1.165) is 23.0 Å². The van der Waals surface area contributed by atoms with Crippen LogP contribution in [0.25, 0.3) is 0 Å². The number of benzene rings is 1. The molecule has 0 spiro atoms. The highest BCUT2D eigenvalue weighted by atomic mass is 79.9. The van der Waals surface area contributed by atoms with Crippen LogP contribution in [0.5, 0.6) is 0 Å². The minimum absolute atomic E-state index is 0.107. The Balaban J connectivity index is 2.11. The number of rotatable bonds is 2. The molecule has 1 aromatic rings. The molecule has 2 rings (SSSR count). The fraction of sp³-hybridized carbons (Fsp3) is 0.300. The van der Waals surface area contributed by atoms with Crippen LogP contribution < -0.4 is 11.1 Å². The lowest BCUT2D eigenvalue weighted by Crippen LogP contribution is -2.13. The van der Waals surface area contributed by atoms with E-state index in [2.05, 4.69) is 21.2 Å². The molecule has 1 fully saturated rings. The summed E-state index contributed by atoms with van der Waals surface area (Å²) in [5.41, 5.74) is 7.06. The third kappa shape index (κ3) is 2.07. The van der Waals surface area contributed by atoms with Gasteiger partial charge < -0.3 is 11.1 Å². The summed E-state index contributed by atoms with van der Waals surface area (Å²) in [7, 11) is 0. The Bertz CT molecular complexity index is 374. The molecular weight excluding hydrogens is 244 g/mol. The molecule has 3 N–H and O–H groups in total. The van der Waals surface area contributed by atoms with Crippen molar-refractivity contribution in [2.45, 2.75) is 12.8 Å². The van der Waals surface area contributed by atoms with Gasteiger partial charge in [0.05, 0.1) is 5.69 Å². The number of carbonyl (C=O) groups excluding carboxylic acids is 1. The van der Waals surface area contributed by atoms with Crippen molar-refractivity contribution < 1.29 is 4.79 Å². The number of nitrogens with one attached hydrogen (secondary N) is 1. The summed E-state index contributed by atoms with van der Waals surface area (Å²) in [6.07, 6.45) is 2.02. The lowest BCUT2D eigenvalue weighted by Gasteiger charge is -2.06. The van der Waals surface area contributed by atoms with E-state index in [1.54, 1.807) is 18.2 Å². The number of amides is 1. The van der Waals surface area contributed by atoms with Crippen molar-refractivity contribution in [1.82, 2.24) is 0 Å². The van der Waals surface area contributed by atoms with Crippen LogP contribution in [-0.4, -0.2) is 5.91 Å². The summed E-state index contributed by atoms with van der Waals surface area (Å²) >= 11 is 3.35. The Hall–Kier alpha value is -1.03. The van der Waals surface area contributed by atoms with Crippen LogP contribution in [0, 0.1) is 5.92 Å². The fourth-order valence-corrected chi connectivity index (χ4v) is 1.71. The molecule has 0 heterocycles. The maximum Gasteiger partial charge on any atom is 0.227 e. The summed E-state index contributed by atoms with van der Waals surface area (Å²) in [5, 5.41) is 2.86. The zero-order valence-corrected chi connectivity index (χ0v) is 9.17. The topological polar surface area (TPSA) is 55.1 Å². The molecule has 0 saturated heterocycles. The molecule has 0 aliphatic heterocycles. The number of anilines is 2. The van der Waals surface area contributed by atoms with Gasteiger partial charge in [-0.1, -0.05) is 0 Å². The molecule has 1 aliphatic rings. The molecule has 1 aliphatic carbocycles. The van der Waals surface area contributed by atoms with E-state index in [0.29, 0.717) is 5.69 Å². The second-order valence-electron chi connectivity index (χ2n) is 3.50. The average Bonchev–Trinajstić information content (AvgIpc) is 2.92. The molecular formula is C10H11BrN2O. The van der Waals surface area contributed by atoms with Gasteiger partial charge in [0.2, 0.25) is 5.91 Å². The zero-order chi connectivity index (χ0) is 10.1. The van der Waals surface area contributed by atoms with Crippen LogP contribution in [0.2, 0.25) is 0 Å². The van der Waals surface area contributed by atoms with Gasteiger partial charge >= 0.3 is 0 Å². The minimum atomic E-state index is 0.107. The third-order valence-corrected chi connectivity index (χ3v) is 2.86. The Morgan fingerprint density at radius 3 is 2.79 bits per heavy atom. The molecule has 4 heteroatoms. The molecule has 0 radical (unpaired) electrons. The molecule has 74 valence electrons. The van der Waals surface area contributed by atoms with E-state index in [-0.39, 0.29) is 11.8 Å². The van der Waals surface area contributed by atoms with Crippen molar-refractivity contribution in [3.63, 3.8) is 0 Å². The highest BCUT2D eigenvalue weighted by Crippen LogP contribution is 2.32. The van der Waals surface area contributed by atoms with E-state index in [1.807, 2.05) is 0 Å². The maximum atomic E-state index is 11.4. The second kappa shape index (κ2) is 3.61. The summed E-state index contributed by atoms with van der Waals surface area (Å²) < 4.78 is 0.825. The van der Waals surface area contributed by atoms with E-state index < -0.39 is 0 Å². The summed E-state index contributed by atoms with van der Waals surface area (Å²) in [6, 6.07) is 5.36. The van der Waals surface area contributed by atoms with Crippen molar-refractivity contribution in [3.8, 4) is 0 Å². The molecule has 1 aromatic carbocycles. The second-order valence-corrected chi connectivity index (χ2v) is 4.36. The van der Waals surface area contributed by atoms with Gasteiger partial charge in [0.25, 0.3) is 0 Å². The van der Waals surface area contributed by atoms with Crippen LogP contribution in [0.1, 0.15) is 12.8 Å². The van der Waals surface area contributed by atoms with Crippen LogP contribution >= 0.6 is 15.9 Å². The van der Waals surface area contributed by atoms with E-state index in [9.17, 15) is 4.79 Å². The molecule has 0 aromatic heterocycles. The Morgan fingerprint density at radius 2 is 2.21 bits per heavy atom. The quantitative estimate of drug-likeness (QED) is 0.797. The molecule has 14 heavy (non-hydrogen) atoms. The third-order valence-electron chi connectivity index (χ3n) is 2.20. The largest absolute Gasteiger partial charge is 0.399 e. The smallest absolute Gasteiger partial charge is 0.227 e. The van der Waals surface area contributed by atoms with Crippen molar-refractivity contribution in [1.29, 1.82) is 0 Å². The van der Waals surface area contributed by atoms with Crippen molar-refractivity contribution >= 4 is 33.2 Å².